The standard InChI is InChI=1S/C16H20ClN3O/c1-10(12-4-6-13(18)7-5-12)8-14(21)9-15-16(17)11(2)19-20(15)3/h4-7,10H,8-9,18H2,1-3H3. The molecule has 0 bridgehead atoms. The molecule has 2 rings (SSSR count). The Bertz CT molecular complexity index is 646. The number of aromatic nitrogens is 2. The Labute approximate surface area is 129 Å². The van der Waals surface area contributed by atoms with Crippen molar-refractivity contribution in [1.82, 2.24) is 9.78 Å². The molecule has 1 heterocycles. The lowest BCUT2D eigenvalue weighted by Gasteiger charge is -2.11. The predicted molar refractivity (Wildman–Crippen MR) is 85.6 cm³/mol. The molecule has 0 radical (unpaired) electrons. The molecule has 1 atom stereocenters. The molecule has 5 heteroatoms. The first kappa shape index (κ1) is 15.6. The second kappa shape index (κ2) is 6.31. The van der Waals surface area contributed by atoms with Crippen molar-refractivity contribution in [1.29, 1.82) is 0 Å². The van der Waals surface area contributed by atoms with Crippen LogP contribution >= 0.6 is 11.6 Å². The SMILES string of the molecule is Cc1nn(C)c(CC(=O)CC(C)c2ccc(N)cc2)c1Cl. The molecule has 0 saturated heterocycles. The van der Waals surface area contributed by atoms with Crippen molar-refractivity contribution in [3.63, 3.8) is 0 Å². The fourth-order valence-electron chi connectivity index (χ4n) is 2.41. The van der Waals surface area contributed by atoms with E-state index in [4.69, 9.17) is 17.3 Å². The second-order valence-electron chi connectivity index (χ2n) is 5.46. The highest BCUT2D eigenvalue weighted by atomic mass is 35.5. The highest BCUT2D eigenvalue weighted by Gasteiger charge is 2.17. The van der Waals surface area contributed by atoms with Gasteiger partial charge >= 0.3 is 0 Å². The number of rotatable bonds is 5. The number of hydrogen-bond donors (Lipinski definition) is 1. The number of ketones is 1. The molecule has 0 spiro atoms. The van der Waals surface area contributed by atoms with Gasteiger partial charge in [-0.15, -0.1) is 0 Å². The van der Waals surface area contributed by atoms with Gasteiger partial charge in [0.25, 0.3) is 0 Å². The van der Waals surface area contributed by atoms with E-state index in [0.717, 1.165) is 22.6 Å². The molecule has 4 nitrogen and oxygen atoms in total. The number of halogens is 1. The Hall–Kier alpha value is -1.81. The van der Waals surface area contributed by atoms with Gasteiger partial charge in [-0.2, -0.15) is 5.10 Å². The van der Waals surface area contributed by atoms with Crippen LogP contribution in [-0.4, -0.2) is 15.6 Å². The van der Waals surface area contributed by atoms with E-state index < -0.39 is 0 Å². The van der Waals surface area contributed by atoms with Crippen molar-refractivity contribution in [3.8, 4) is 0 Å². The summed E-state index contributed by atoms with van der Waals surface area (Å²) in [6.45, 7) is 3.88. The summed E-state index contributed by atoms with van der Waals surface area (Å²) in [6.07, 6.45) is 0.792. The van der Waals surface area contributed by atoms with Gasteiger partial charge in [0, 0.05) is 25.6 Å². The van der Waals surface area contributed by atoms with Gasteiger partial charge in [0.15, 0.2) is 0 Å². The molecule has 0 aliphatic heterocycles. The second-order valence-corrected chi connectivity index (χ2v) is 5.83. The number of hydrogen-bond acceptors (Lipinski definition) is 3. The Balaban J connectivity index is 2.03. The van der Waals surface area contributed by atoms with E-state index in [1.807, 2.05) is 45.2 Å². The van der Waals surface area contributed by atoms with Crippen LogP contribution in [0.5, 0.6) is 0 Å². The number of anilines is 1. The summed E-state index contributed by atoms with van der Waals surface area (Å²) in [5.74, 6) is 0.315. The van der Waals surface area contributed by atoms with Gasteiger partial charge in [-0.1, -0.05) is 30.7 Å². The fourth-order valence-corrected chi connectivity index (χ4v) is 2.64. The number of benzene rings is 1. The van der Waals surface area contributed by atoms with Crippen LogP contribution in [0.1, 0.15) is 36.2 Å². The maximum absolute atomic E-state index is 12.3. The molecule has 0 amide bonds. The third kappa shape index (κ3) is 3.64. The van der Waals surface area contributed by atoms with Gasteiger partial charge in [0.05, 0.1) is 16.4 Å². The molecule has 1 aromatic carbocycles. The summed E-state index contributed by atoms with van der Waals surface area (Å²) in [5.41, 5.74) is 9.06. The maximum Gasteiger partial charge on any atom is 0.139 e. The van der Waals surface area contributed by atoms with Crippen LogP contribution in [0.3, 0.4) is 0 Å². The molecule has 0 saturated carbocycles. The average molecular weight is 306 g/mol. The van der Waals surface area contributed by atoms with Crippen LogP contribution in [-0.2, 0) is 18.3 Å². The number of Topliss-reactive ketones (excluding diaryl/α,β-unsaturated/α-hetero) is 1. The molecule has 1 unspecified atom stereocenters. The molecule has 112 valence electrons. The minimum Gasteiger partial charge on any atom is -0.399 e. The van der Waals surface area contributed by atoms with Crippen LogP contribution < -0.4 is 5.73 Å². The van der Waals surface area contributed by atoms with Gasteiger partial charge in [-0.05, 0) is 30.5 Å². The lowest BCUT2D eigenvalue weighted by atomic mass is 9.94. The van der Waals surface area contributed by atoms with Crippen LogP contribution in [0.2, 0.25) is 5.02 Å². The zero-order valence-corrected chi connectivity index (χ0v) is 13.3. The zero-order valence-electron chi connectivity index (χ0n) is 12.6. The Morgan fingerprint density at radius 1 is 1.38 bits per heavy atom. The Morgan fingerprint density at radius 3 is 2.52 bits per heavy atom. The first-order chi connectivity index (χ1) is 9.88. The summed E-state index contributed by atoms with van der Waals surface area (Å²) >= 11 is 6.18. The summed E-state index contributed by atoms with van der Waals surface area (Å²) in [6, 6.07) is 7.65. The van der Waals surface area contributed by atoms with E-state index in [-0.39, 0.29) is 11.7 Å². The summed E-state index contributed by atoms with van der Waals surface area (Å²) in [5, 5.41) is 4.82. The normalized spacial score (nSPS) is 12.4. The van der Waals surface area contributed by atoms with Gasteiger partial charge in [0.2, 0.25) is 0 Å². The molecule has 21 heavy (non-hydrogen) atoms. The van der Waals surface area contributed by atoms with Crippen molar-refractivity contribution < 1.29 is 4.79 Å². The van der Waals surface area contributed by atoms with Crippen LogP contribution in [0, 0.1) is 6.92 Å². The minimum absolute atomic E-state index is 0.157. The van der Waals surface area contributed by atoms with E-state index in [2.05, 4.69) is 5.10 Å². The van der Waals surface area contributed by atoms with Gasteiger partial charge in [-0.3, -0.25) is 9.48 Å². The number of aryl methyl sites for hydroxylation is 2. The smallest absolute Gasteiger partial charge is 0.139 e. The molecule has 2 aromatic rings. The maximum atomic E-state index is 12.3. The average Bonchev–Trinajstić information content (AvgIpc) is 2.66. The molecule has 0 aliphatic rings. The van der Waals surface area contributed by atoms with Crippen LogP contribution in [0.25, 0.3) is 0 Å². The molecular formula is C16H20ClN3O. The Morgan fingerprint density at radius 2 is 2.00 bits per heavy atom. The lowest BCUT2D eigenvalue weighted by molar-refractivity contribution is -0.118. The molecular weight excluding hydrogens is 286 g/mol. The monoisotopic (exact) mass is 305 g/mol. The van der Waals surface area contributed by atoms with Gasteiger partial charge in [-0.25, -0.2) is 0 Å². The van der Waals surface area contributed by atoms with Crippen molar-refractivity contribution >= 4 is 23.1 Å². The predicted octanol–water partition coefficient (Wildman–Crippen LogP) is 3.27. The number of carbonyl (C=O) groups excluding carboxylic acids is 1. The molecule has 0 fully saturated rings. The van der Waals surface area contributed by atoms with Crippen molar-refractivity contribution in [2.45, 2.75) is 32.6 Å². The summed E-state index contributed by atoms with van der Waals surface area (Å²) in [7, 11) is 1.81. The third-order valence-electron chi connectivity index (χ3n) is 3.67. The quantitative estimate of drug-likeness (QED) is 0.862. The van der Waals surface area contributed by atoms with Gasteiger partial charge in [0.1, 0.15) is 5.78 Å². The fraction of sp³-hybridized carbons (Fsp3) is 0.375. The zero-order chi connectivity index (χ0) is 15.6. The molecule has 0 aliphatic carbocycles. The lowest BCUT2D eigenvalue weighted by Crippen LogP contribution is -2.11. The summed E-state index contributed by atoms with van der Waals surface area (Å²) < 4.78 is 1.68. The third-order valence-corrected chi connectivity index (χ3v) is 4.16. The highest BCUT2D eigenvalue weighted by Crippen LogP contribution is 2.24. The highest BCUT2D eigenvalue weighted by molar-refractivity contribution is 6.32. The van der Waals surface area contributed by atoms with E-state index in [1.54, 1.807) is 4.68 Å². The first-order valence-corrected chi connectivity index (χ1v) is 7.31. The number of nitrogen functional groups attached to an aromatic ring is 1. The molecule has 1 aromatic heterocycles. The van der Waals surface area contributed by atoms with Crippen LogP contribution in [0.15, 0.2) is 24.3 Å². The van der Waals surface area contributed by atoms with E-state index in [1.165, 1.54) is 0 Å². The van der Waals surface area contributed by atoms with Crippen molar-refractivity contribution in [2.24, 2.45) is 7.05 Å². The van der Waals surface area contributed by atoms with E-state index in [0.29, 0.717) is 17.9 Å². The summed E-state index contributed by atoms with van der Waals surface area (Å²) in [4.78, 5) is 12.3. The van der Waals surface area contributed by atoms with Gasteiger partial charge < -0.3 is 5.73 Å². The first-order valence-electron chi connectivity index (χ1n) is 6.93. The van der Waals surface area contributed by atoms with Crippen LogP contribution in [0.4, 0.5) is 5.69 Å². The number of nitrogens with two attached hydrogens (primary N) is 1. The largest absolute Gasteiger partial charge is 0.399 e. The van der Waals surface area contributed by atoms with E-state index in [9.17, 15) is 4.79 Å². The minimum atomic E-state index is 0.157. The van der Waals surface area contributed by atoms with E-state index >= 15 is 0 Å². The number of nitrogens with zero attached hydrogens (tertiary/aromatic N) is 2. The number of carbonyl (C=O) groups is 1. The Kier molecular flexibility index (Phi) is 4.68. The van der Waals surface area contributed by atoms with Crippen molar-refractivity contribution in [3.05, 3.63) is 46.2 Å². The molecule has 2 N–H and O–H groups in total. The topological polar surface area (TPSA) is 60.9 Å². The van der Waals surface area contributed by atoms with Crippen molar-refractivity contribution in [2.75, 3.05) is 5.73 Å².